The zero-order chi connectivity index (χ0) is 14.5. The number of benzene rings is 1. The summed E-state index contributed by atoms with van der Waals surface area (Å²) >= 11 is 0. The molecule has 0 saturated heterocycles. The highest BCUT2D eigenvalue weighted by Gasteiger charge is 2.08. The van der Waals surface area contributed by atoms with Gasteiger partial charge in [-0.3, -0.25) is 4.68 Å². The fourth-order valence-corrected chi connectivity index (χ4v) is 1.93. The SMILES string of the molecule is CC(C)CNCc1cnn(Cc2cccc(F)c2F)c1. The van der Waals surface area contributed by atoms with Crippen molar-refractivity contribution in [1.82, 2.24) is 15.1 Å². The Morgan fingerprint density at radius 3 is 2.85 bits per heavy atom. The van der Waals surface area contributed by atoms with Gasteiger partial charge in [0.1, 0.15) is 0 Å². The third-order valence-corrected chi connectivity index (χ3v) is 2.93. The van der Waals surface area contributed by atoms with Crippen LogP contribution in [0.1, 0.15) is 25.0 Å². The van der Waals surface area contributed by atoms with Gasteiger partial charge in [-0.25, -0.2) is 8.78 Å². The first-order valence-corrected chi connectivity index (χ1v) is 6.71. The average Bonchev–Trinajstić information content (AvgIpc) is 2.82. The third kappa shape index (κ3) is 3.87. The Hall–Kier alpha value is -1.75. The molecule has 0 aliphatic carbocycles. The van der Waals surface area contributed by atoms with Crippen molar-refractivity contribution in [2.24, 2.45) is 5.92 Å². The van der Waals surface area contributed by atoms with Crippen LogP contribution in [0.5, 0.6) is 0 Å². The lowest BCUT2D eigenvalue weighted by molar-refractivity contribution is 0.492. The van der Waals surface area contributed by atoms with Gasteiger partial charge in [-0.15, -0.1) is 0 Å². The molecule has 20 heavy (non-hydrogen) atoms. The van der Waals surface area contributed by atoms with E-state index in [1.54, 1.807) is 16.9 Å². The smallest absolute Gasteiger partial charge is 0.163 e. The first-order valence-electron chi connectivity index (χ1n) is 6.71. The maximum Gasteiger partial charge on any atom is 0.163 e. The Labute approximate surface area is 117 Å². The van der Waals surface area contributed by atoms with Gasteiger partial charge in [0.15, 0.2) is 11.6 Å². The normalized spacial score (nSPS) is 11.2. The predicted molar refractivity (Wildman–Crippen MR) is 74.2 cm³/mol. The zero-order valence-electron chi connectivity index (χ0n) is 11.7. The summed E-state index contributed by atoms with van der Waals surface area (Å²) in [6.45, 7) is 6.17. The number of nitrogens with one attached hydrogen (secondary N) is 1. The van der Waals surface area contributed by atoms with Crippen molar-refractivity contribution < 1.29 is 8.78 Å². The summed E-state index contributed by atoms with van der Waals surface area (Å²) < 4.78 is 28.3. The van der Waals surface area contributed by atoms with Gasteiger partial charge >= 0.3 is 0 Å². The van der Waals surface area contributed by atoms with Crippen LogP contribution in [0.3, 0.4) is 0 Å². The van der Waals surface area contributed by atoms with Crippen LogP contribution in [-0.4, -0.2) is 16.3 Å². The number of nitrogens with zero attached hydrogens (tertiary/aromatic N) is 2. The van der Waals surface area contributed by atoms with Crippen LogP contribution >= 0.6 is 0 Å². The van der Waals surface area contributed by atoms with E-state index in [1.165, 1.54) is 6.07 Å². The molecule has 0 amide bonds. The molecule has 0 atom stereocenters. The fourth-order valence-electron chi connectivity index (χ4n) is 1.93. The standard InChI is InChI=1S/C15H19F2N3/c1-11(2)6-18-7-12-8-19-20(9-12)10-13-4-3-5-14(16)15(13)17/h3-5,8-9,11,18H,6-7,10H2,1-2H3. The molecule has 0 unspecified atom stereocenters. The Kier molecular flexibility index (Phi) is 4.84. The second kappa shape index (κ2) is 6.61. The van der Waals surface area contributed by atoms with Crippen LogP contribution in [0.4, 0.5) is 8.78 Å². The molecular formula is C15H19F2N3. The maximum absolute atomic E-state index is 13.6. The van der Waals surface area contributed by atoms with Gasteiger partial charge < -0.3 is 5.32 Å². The lowest BCUT2D eigenvalue weighted by Crippen LogP contribution is -2.18. The second-order valence-corrected chi connectivity index (χ2v) is 5.28. The van der Waals surface area contributed by atoms with Crippen molar-refractivity contribution in [2.75, 3.05) is 6.54 Å². The van der Waals surface area contributed by atoms with E-state index in [9.17, 15) is 8.78 Å². The highest BCUT2D eigenvalue weighted by molar-refractivity contribution is 5.19. The van der Waals surface area contributed by atoms with Crippen molar-refractivity contribution in [1.29, 1.82) is 0 Å². The molecule has 0 saturated carbocycles. The molecule has 0 radical (unpaired) electrons. The van der Waals surface area contributed by atoms with E-state index in [4.69, 9.17) is 0 Å². The van der Waals surface area contributed by atoms with Crippen LogP contribution in [0, 0.1) is 17.6 Å². The minimum absolute atomic E-state index is 0.230. The van der Waals surface area contributed by atoms with E-state index >= 15 is 0 Å². The van der Waals surface area contributed by atoms with Crippen LogP contribution < -0.4 is 5.32 Å². The number of aromatic nitrogens is 2. The summed E-state index contributed by atoms with van der Waals surface area (Å²) in [6.07, 6.45) is 3.59. The van der Waals surface area contributed by atoms with Crippen molar-refractivity contribution in [3.8, 4) is 0 Å². The van der Waals surface area contributed by atoms with Crippen molar-refractivity contribution in [3.63, 3.8) is 0 Å². The van der Waals surface area contributed by atoms with Gasteiger partial charge in [-0.05, 0) is 18.5 Å². The predicted octanol–water partition coefficient (Wildman–Crippen LogP) is 2.96. The van der Waals surface area contributed by atoms with Crippen LogP contribution in [0.2, 0.25) is 0 Å². The molecule has 5 heteroatoms. The Balaban J connectivity index is 1.97. The van der Waals surface area contributed by atoms with Crippen LogP contribution in [0.25, 0.3) is 0 Å². The molecule has 0 fully saturated rings. The minimum Gasteiger partial charge on any atom is -0.312 e. The lowest BCUT2D eigenvalue weighted by atomic mass is 10.2. The van der Waals surface area contributed by atoms with Gasteiger partial charge in [-0.1, -0.05) is 26.0 Å². The zero-order valence-corrected chi connectivity index (χ0v) is 11.7. The molecule has 0 spiro atoms. The van der Waals surface area contributed by atoms with Gasteiger partial charge in [0, 0.05) is 23.9 Å². The lowest BCUT2D eigenvalue weighted by Gasteiger charge is -2.05. The molecule has 1 heterocycles. The topological polar surface area (TPSA) is 29.9 Å². The monoisotopic (exact) mass is 279 g/mol. The molecule has 0 bridgehead atoms. The molecule has 3 nitrogen and oxygen atoms in total. The molecule has 1 aromatic heterocycles. The summed E-state index contributed by atoms with van der Waals surface area (Å²) in [5, 5.41) is 7.48. The molecule has 108 valence electrons. The average molecular weight is 279 g/mol. The van der Waals surface area contributed by atoms with E-state index in [2.05, 4.69) is 24.3 Å². The van der Waals surface area contributed by atoms with Crippen molar-refractivity contribution in [3.05, 3.63) is 53.4 Å². The quantitative estimate of drug-likeness (QED) is 0.881. The van der Waals surface area contributed by atoms with Gasteiger partial charge in [-0.2, -0.15) is 5.10 Å². The number of halogens is 2. The van der Waals surface area contributed by atoms with Gasteiger partial charge in [0.2, 0.25) is 0 Å². The van der Waals surface area contributed by atoms with E-state index < -0.39 is 11.6 Å². The van der Waals surface area contributed by atoms with Crippen LogP contribution in [0.15, 0.2) is 30.6 Å². The van der Waals surface area contributed by atoms with Crippen LogP contribution in [-0.2, 0) is 13.1 Å². The Morgan fingerprint density at radius 1 is 1.30 bits per heavy atom. The number of hydrogen-bond acceptors (Lipinski definition) is 2. The van der Waals surface area contributed by atoms with E-state index in [0.29, 0.717) is 11.5 Å². The molecule has 2 rings (SSSR count). The summed E-state index contributed by atoms with van der Waals surface area (Å²) in [7, 11) is 0. The molecule has 0 aliphatic rings. The summed E-state index contributed by atoms with van der Waals surface area (Å²) in [6, 6.07) is 4.18. The summed E-state index contributed by atoms with van der Waals surface area (Å²) in [4.78, 5) is 0. The highest BCUT2D eigenvalue weighted by atomic mass is 19.2. The molecule has 1 N–H and O–H groups in total. The molecule has 1 aromatic carbocycles. The molecule has 0 aliphatic heterocycles. The summed E-state index contributed by atoms with van der Waals surface area (Å²) in [5.41, 5.74) is 1.33. The molecular weight excluding hydrogens is 260 g/mol. The summed E-state index contributed by atoms with van der Waals surface area (Å²) in [5.74, 6) is -1.04. The molecule has 2 aromatic rings. The minimum atomic E-state index is -0.825. The number of hydrogen-bond donors (Lipinski definition) is 1. The van der Waals surface area contributed by atoms with Gasteiger partial charge in [0.25, 0.3) is 0 Å². The maximum atomic E-state index is 13.6. The van der Waals surface area contributed by atoms with Gasteiger partial charge in [0.05, 0.1) is 12.7 Å². The first-order chi connectivity index (χ1) is 9.56. The van der Waals surface area contributed by atoms with Crippen molar-refractivity contribution in [2.45, 2.75) is 26.9 Å². The van der Waals surface area contributed by atoms with E-state index in [1.807, 2.05) is 6.20 Å². The Bertz CT molecular complexity index is 564. The van der Waals surface area contributed by atoms with E-state index in [-0.39, 0.29) is 6.54 Å². The third-order valence-electron chi connectivity index (χ3n) is 2.93. The Morgan fingerprint density at radius 2 is 2.10 bits per heavy atom. The first kappa shape index (κ1) is 14.7. The van der Waals surface area contributed by atoms with E-state index in [0.717, 1.165) is 24.7 Å². The van der Waals surface area contributed by atoms with Crippen molar-refractivity contribution >= 4 is 0 Å². The number of rotatable bonds is 6. The largest absolute Gasteiger partial charge is 0.312 e. The fraction of sp³-hybridized carbons (Fsp3) is 0.400. The highest BCUT2D eigenvalue weighted by Crippen LogP contribution is 2.12. The second-order valence-electron chi connectivity index (χ2n) is 5.28.